The molecule has 0 aromatic rings. The second-order valence-corrected chi connectivity index (χ2v) is 4.65. The van der Waals surface area contributed by atoms with Crippen molar-refractivity contribution in [2.45, 2.75) is 32.2 Å². The quantitative estimate of drug-likeness (QED) is 0.412. The van der Waals surface area contributed by atoms with E-state index in [1.54, 1.807) is 7.05 Å². The van der Waals surface area contributed by atoms with Gasteiger partial charge in [-0.2, -0.15) is 0 Å². The second kappa shape index (κ2) is 8.39. The molecule has 0 aliphatic carbocycles. The maximum atomic E-state index is 11.6. The van der Waals surface area contributed by atoms with Gasteiger partial charge < -0.3 is 20.3 Å². The molecule has 1 saturated heterocycles. The standard InChI is InChI=1S/C13H24N4O3/c1-4-11(18)17-8-6-10(9-17)16-13(14-2)15-7-5-12(19)20-3/h10H,4-9H2,1-3H3,(H2,14,15,16). The molecule has 1 heterocycles. The van der Waals surface area contributed by atoms with Crippen molar-refractivity contribution in [3.63, 3.8) is 0 Å². The zero-order valence-corrected chi connectivity index (χ0v) is 12.4. The summed E-state index contributed by atoms with van der Waals surface area (Å²) in [6, 6.07) is 0.204. The Bertz CT molecular complexity index is 371. The van der Waals surface area contributed by atoms with Gasteiger partial charge in [-0.15, -0.1) is 0 Å². The van der Waals surface area contributed by atoms with Crippen molar-refractivity contribution in [3.8, 4) is 0 Å². The van der Waals surface area contributed by atoms with Crippen molar-refractivity contribution in [1.29, 1.82) is 0 Å². The first kappa shape index (κ1) is 16.3. The lowest BCUT2D eigenvalue weighted by atomic mass is 10.3. The highest BCUT2D eigenvalue weighted by molar-refractivity contribution is 5.81. The van der Waals surface area contributed by atoms with Crippen LogP contribution in [-0.2, 0) is 14.3 Å². The van der Waals surface area contributed by atoms with Crippen molar-refractivity contribution in [1.82, 2.24) is 15.5 Å². The summed E-state index contributed by atoms with van der Waals surface area (Å²) in [5.74, 6) is 0.571. The highest BCUT2D eigenvalue weighted by Crippen LogP contribution is 2.10. The van der Waals surface area contributed by atoms with E-state index < -0.39 is 0 Å². The molecular weight excluding hydrogens is 260 g/mol. The number of esters is 1. The van der Waals surface area contributed by atoms with Crippen LogP contribution < -0.4 is 10.6 Å². The third-order valence-electron chi connectivity index (χ3n) is 3.26. The summed E-state index contributed by atoms with van der Waals surface area (Å²) in [5, 5.41) is 6.31. The molecule has 0 spiro atoms. The molecule has 1 aliphatic rings. The predicted molar refractivity (Wildman–Crippen MR) is 76.4 cm³/mol. The van der Waals surface area contributed by atoms with E-state index in [2.05, 4.69) is 20.4 Å². The van der Waals surface area contributed by atoms with Crippen LogP contribution in [0.25, 0.3) is 0 Å². The molecule has 1 unspecified atom stereocenters. The number of likely N-dealkylation sites (tertiary alicyclic amines) is 1. The van der Waals surface area contributed by atoms with Gasteiger partial charge in [0.1, 0.15) is 0 Å². The summed E-state index contributed by atoms with van der Waals surface area (Å²) in [4.78, 5) is 28.6. The summed E-state index contributed by atoms with van der Waals surface area (Å²) in [7, 11) is 3.05. The lowest BCUT2D eigenvalue weighted by Crippen LogP contribution is -2.45. The van der Waals surface area contributed by atoms with E-state index >= 15 is 0 Å². The first-order chi connectivity index (χ1) is 9.60. The van der Waals surface area contributed by atoms with Crippen LogP contribution >= 0.6 is 0 Å². The van der Waals surface area contributed by atoms with Gasteiger partial charge in [-0.3, -0.25) is 14.6 Å². The van der Waals surface area contributed by atoms with Gasteiger partial charge in [-0.05, 0) is 6.42 Å². The Balaban J connectivity index is 2.31. The molecule has 114 valence electrons. The smallest absolute Gasteiger partial charge is 0.307 e. The lowest BCUT2D eigenvalue weighted by Gasteiger charge is -2.18. The Kier molecular flexibility index (Phi) is 6.83. The second-order valence-electron chi connectivity index (χ2n) is 4.65. The van der Waals surface area contributed by atoms with Crippen LogP contribution in [0, 0.1) is 0 Å². The van der Waals surface area contributed by atoms with E-state index in [9.17, 15) is 9.59 Å². The molecule has 20 heavy (non-hydrogen) atoms. The Morgan fingerprint density at radius 2 is 2.20 bits per heavy atom. The number of nitrogens with one attached hydrogen (secondary N) is 2. The van der Waals surface area contributed by atoms with Gasteiger partial charge in [0.25, 0.3) is 0 Å². The maximum Gasteiger partial charge on any atom is 0.307 e. The number of ether oxygens (including phenoxy) is 1. The predicted octanol–water partition coefficient (Wildman–Crippen LogP) is -0.275. The van der Waals surface area contributed by atoms with Crippen molar-refractivity contribution >= 4 is 17.8 Å². The average Bonchev–Trinajstić information content (AvgIpc) is 2.93. The molecule has 1 atom stereocenters. The molecule has 1 rings (SSSR count). The zero-order valence-electron chi connectivity index (χ0n) is 12.4. The molecule has 0 saturated carbocycles. The topological polar surface area (TPSA) is 83.0 Å². The summed E-state index contributed by atoms with van der Waals surface area (Å²) >= 11 is 0. The normalized spacial score (nSPS) is 18.9. The lowest BCUT2D eigenvalue weighted by molar-refractivity contribution is -0.140. The number of aliphatic imine (C=N–C) groups is 1. The minimum atomic E-state index is -0.256. The number of carbonyl (C=O) groups excluding carboxylic acids is 2. The Hall–Kier alpha value is -1.79. The Morgan fingerprint density at radius 1 is 1.45 bits per heavy atom. The first-order valence-corrected chi connectivity index (χ1v) is 6.92. The largest absolute Gasteiger partial charge is 0.469 e. The van der Waals surface area contributed by atoms with Crippen molar-refractivity contribution in [3.05, 3.63) is 0 Å². The Morgan fingerprint density at radius 3 is 2.80 bits per heavy atom. The van der Waals surface area contributed by atoms with Crippen molar-refractivity contribution in [2.24, 2.45) is 4.99 Å². The van der Waals surface area contributed by atoms with Gasteiger partial charge in [0.2, 0.25) is 5.91 Å². The third kappa shape index (κ3) is 5.07. The van der Waals surface area contributed by atoms with Crippen LogP contribution in [0.2, 0.25) is 0 Å². The fraction of sp³-hybridized carbons (Fsp3) is 0.769. The van der Waals surface area contributed by atoms with Crippen LogP contribution in [0.5, 0.6) is 0 Å². The zero-order chi connectivity index (χ0) is 15.0. The molecule has 1 fully saturated rings. The molecule has 0 bridgehead atoms. The van der Waals surface area contributed by atoms with E-state index in [0.29, 0.717) is 31.9 Å². The number of amides is 1. The van der Waals surface area contributed by atoms with Gasteiger partial charge in [-0.1, -0.05) is 6.92 Å². The van der Waals surface area contributed by atoms with E-state index in [4.69, 9.17) is 0 Å². The molecule has 0 aromatic heterocycles. The molecule has 7 heteroatoms. The number of nitrogens with zero attached hydrogens (tertiary/aromatic N) is 2. The van der Waals surface area contributed by atoms with E-state index in [1.165, 1.54) is 7.11 Å². The minimum absolute atomic E-state index is 0.183. The van der Waals surface area contributed by atoms with Gasteiger partial charge in [-0.25, -0.2) is 0 Å². The number of carbonyl (C=O) groups is 2. The summed E-state index contributed by atoms with van der Waals surface area (Å²) in [5.41, 5.74) is 0. The van der Waals surface area contributed by atoms with Crippen LogP contribution in [0.4, 0.5) is 0 Å². The number of guanidine groups is 1. The number of rotatable bonds is 5. The fourth-order valence-electron chi connectivity index (χ4n) is 2.10. The average molecular weight is 284 g/mol. The van der Waals surface area contributed by atoms with Gasteiger partial charge >= 0.3 is 5.97 Å². The maximum absolute atomic E-state index is 11.6. The van der Waals surface area contributed by atoms with Crippen LogP contribution in [0.15, 0.2) is 4.99 Å². The molecule has 2 N–H and O–H groups in total. The third-order valence-corrected chi connectivity index (χ3v) is 3.26. The monoisotopic (exact) mass is 284 g/mol. The molecule has 0 aromatic carbocycles. The SMILES string of the molecule is CCC(=O)N1CCC(NC(=NC)NCCC(=O)OC)C1. The summed E-state index contributed by atoms with van der Waals surface area (Å²) in [6.45, 7) is 3.82. The van der Waals surface area contributed by atoms with Crippen molar-refractivity contribution < 1.29 is 14.3 Å². The molecule has 1 aliphatic heterocycles. The number of hydrogen-bond donors (Lipinski definition) is 2. The molecule has 0 radical (unpaired) electrons. The first-order valence-electron chi connectivity index (χ1n) is 6.92. The highest BCUT2D eigenvalue weighted by atomic mass is 16.5. The van der Waals surface area contributed by atoms with Gasteiger partial charge in [0, 0.05) is 39.1 Å². The molecule has 1 amide bonds. The van der Waals surface area contributed by atoms with Crippen LogP contribution in [0.3, 0.4) is 0 Å². The van der Waals surface area contributed by atoms with E-state index in [0.717, 1.165) is 13.0 Å². The summed E-state index contributed by atoms with van der Waals surface area (Å²) in [6.07, 6.45) is 1.74. The number of hydrogen-bond acceptors (Lipinski definition) is 4. The van der Waals surface area contributed by atoms with E-state index in [1.807, 2.05) is 11.8 Å². The number of methoxy groups -OCH3 is 1. The van der Waals surface area contributed by atoms with Crippen LogP contribution in [-0.4, -0.2) is 62.6 Å². The van der Waals surface area contributed by atoms with E-state index in [-0.39, 0.29) is 17.9 Å². The molecular formula is C13H24N4O3. The fourth-order valence-corrected chi connectivity index (χ4v) is 2.10. The van der Waals surface area contributed by atoms with Gasteiger partial charge in [0.15, 0.2) is 5.96 Å². The van der Waals surface area contributed by atoms with Crippen molar-refractivity contribution in [2.75, 3.05) is 33.8 Å². The Labute approximate surface area is 119 Å². The van der Waals surface area contributed by atoms with Gasteiger partial charge in [0.05, 0.1) is 13.5 Å². The summed E-state index contributed by atoms with van der Waals surface area (Å²) < 4.78 is 4.57. The van der Waals surface area contributed by atoms with Crippen LogP contribution in [0.1, 0.15) is 26.2 Å². The molecule has 7 nitrogen and oxygen atoms in total. The minimum Gasteiger partial charge on any atom is -0.469 e. The highest BCUT2D eigenvalue weighted by Gasteiger charge is 2.25.